The van der Waals surface area contributed by atoms with E-state index in [1.165, 1.54) is 24.3 Å². The smallest absolute Gasteiger partial charge is 0.256 e. The van der Waals surface area contributed by atoms with Gasteiger partial charge in [-0.2, -0.15) is 0 Å². The van der Waals surface area contributed by atoms with Crippen LogP contribution in [0.15, 0.2) is 34.8 Å². The van der Waals surface area contributed by atoms with Gasteiger partial charge in [-0.1, -0.05) is 34.8 Å². The first-order valence-corrected chi connectivity index (χ1v) is 7.22. The highest BCUT2D eigenvalue weighted by atomic mass is 79.9. The fourth-order valence-corrected chi connectivity index (χ4v) is 2.85. The Hall–Kier alpha value is -0.810. The maximum atomic E-state index is 13.2. The number of halogens is 5. The predicted octanol–water partition coefficient (Wildman–Crippen LogP) is 5.80. The lowest BCUT2D eigenvalue weighted by atomic mass is 10.2. The van der Waals surface area contributed by atoms with Crippen molar-refractivity contribution in [3.8, 4) is 0 Å². The molecule has 104 valence electrons. The van der Waals surface area contributed by atoms with Gasteiger partial charge in [-0.15, -0.1) is 0 Å². The van der Waals surface area contributed by atoms with Crippen molar-refractivity contribution in [1.82, 2.24) is 0 Å². The highest BCUT2D eigenvalue weighted by Gasteiger charge is 2.15. The number of hydrogen-bond acceptors (Lipinski definition) is 1. The van der Waals surface area contributed by atoms with E-state index in [0.717, 1.165) is 6.07 Å². The van der Waals surface area contributed by atoms with Crippen molar-refractivity contribution in [2.45, 2.75) is 0 Å². The van der Waals surface area contributed by atoms with Crippen LogP contribution in [0.3, 0.4) is 0 Å². The Kier molecular flexibility index (Phi) is 4.91. The summed E-state index contributed by atoms with van der Waals surface area (Å²) < 4.78 is 13.6. The second kappa shape index (κ2) is 6.31. The minimum atomic E-state index is -0.539. The Labute approximate surface area is 138 Å². The molecule has 2 nitrogen and oxygen atoms in total. The number of carbonyl (C=O) groups excluding carboxylic acids is 1. The second-order valence-electron chi connectivity index (χ2n) is 3.82. The van der Waals surface area contributed by atoms with Crippen molar-refractivity contribution < 1.29 is 9.18 Å². The summed E-state index contributed by atoms with van der Waals surface area (Å²) in [4.78, 5) is 12.1. The minimum Gasteiger partial charge on any atom is -0.319 e. The van der Waals surface area contributed by atoms with Crippen LogP contribution in [0.4, 0.5) is 10.1 Å². The largest absolute Gasteiger partial charge is 0.319 e. The number of benzene rings is 2. The molecule has 0 aliphatic carbocycles. The Morgan fingerprint density at radius 3 is 2.30 bits per heavy atom. The van der Waals surface area contributed by atoms with Crippen molar-refractivity contribution in [2.24, 2.45) is 0 Å². The van der Waals surface area contributed by atoms with E-state index in [-0.39, 0.29) is 21.3 Å². The van der Waals surface area contributed by atoms with E-state index in [0.29, 0.717) is 9.50 Å². The molecule has 0 aromatic heterocycles. The molecular weight excluding hydrogens is 391 g/mol. The highest BCUT2D eigenvalue weighted by Crippen LogP contribution is 2.34. The second-order valence-corrected chi connectivity index (χ2v) is 5.93. The summed E-state index contributed by atoms with van der Waals surface area (Å²) in [6.45, 7) is 0. The third-order valence-corrected chi connectivity index (χ3v) is 3.92. The maximum Gasteiger partial charge on any atom is 0.256 e. The minimum absolute atomic E-state index is 0.132. The van der Waals surface area contributed by atoms with Gasteiger partial charge in [-0.3, -0.25) is 4.79 Å². The van der Waals surface area contributed by atoms with Crippen molar-refractivity contribution in [3.05, 3.63) is 61.3 Å². The van der Waals surface area contributed by atoms with Gasteiger partial charge in [-0.25, -0.2) is 4.39 Å². The van der Waals surface area contributed by atoms with E-state index >= 15 is 0 Å². The number of carbonyl (C=O) groups is 1. The molecule has 2 aromatic carbocycles. The van der Waals surface area contributed by atoms with E-state index < -0.39 is 11.7 Å². The van der Waals surface area contributed by atoms with Gasteiger partial charge >= 0.3 is 0 Å². The summed E-state index contributed by atoms with van der Waals surface area (Å²) in [7, 11) is 0. The molecule has 0 unspecified atom stereocenters. The van der Waals surface area contributed by atoms with Gasteiger partial charge in [0.2, 0.25) is 0 Å². The number of rotatable bonds is 2. The molecule has 0 atom stereocenters. The fraction of sp³-hybridized carbons (Fsp3) is 0. The summed E-state index contributed by atoms with van der Waals surface area (Å²) in [5.74, 6) is -1.06. The molecule has 0 aliphatic heterocycles. The van der Waals surface area contributed by atoms with Crippen LogP contribution in [-0.2, 0) is 0 Å². The van der Waals surface area contributed by atoms with Gasteiger partial charge in [0.1, 0.15) is 5.82 Å². The Morgan fingerprint density at radius 1 is 1.10 bits per heavy atom. The molecule has 20 heavy (non-hydrogen) atoms. The van der Waals surface area contributed by atoms with Crippen LogP contribution in [0.25, 0.3) is 0 Å². The van der Waals surface area contributed by atoms with E-state index in [2.05, 4.69) is 21.2 Å². The molecule has 0 bridgehead atoms. The lowest BCUT2D eigenvalue weighted by molar-refractivity contribution is 0.102. The SMILES string of the molecule is O=C(Nc1c(Cl)cc(Cl)cc1Cl)c1cc(F)ccc1Br. The Balaban J connectivity index is 2.35. The molecule has 1 N–H and O–H groups in total. The molecule has 0 spiro atoms. The first-order chi connectivity index (χ1) is 9.38. The predicted molar refractivity (Wildman–Crippen MR) is 83.5 cm³/mol. The van der Waals surface area contributed by atoms with Gasteiger partial charge in [0.25, 0.3) is 5.91 Å². The molecule has 0 saturated heterocycles. The van der Waals surface area contributed by atoms with Crippen LogP contribution in [0, 0.1) is 5.82 Å². The van der Waals surface area contributed by atoms with Crippen LogP contribution >= 0.6 is 50.7 Å². The van der Waals surface area contributed by atoms with Crippen LogP contribution in [-0.4, -0.2) is 5.91 Å². The summed E-state index contributed by atoms with van der Waals surface area (Å²) in [6.07, 6.45) is 0. The quantitative estimate of drug-likeness (QED) is 0.682. The fourth-order valence-electron chi connectivity index (χ4n) is 1.51. The number of hydrogen-bond donors (Lipinski definition) is 1. The van der Waals surface area contributed by atoms with Gasteiger partial charge < -0.3 is 5.32 Å². The van der Waals surface area contributed by atoms with E-state index in [1.807, 2.05) is 0 Å². The monoisotopic (exact) mass is 395 g/mol. The van der Waals surface area contributed by atoms with E-state index in [4.69, 9.17) is 34.8 Å². The van der Waals surface area contributed by atoms with Crippen molar-refractivity contribution >= 4 is 62.3 Å². The maximum absolute atomic E-state index is 13.2. The molecular formula is C13H6BrCl3FNO. The average Bonchev–Trinajstić information content (AvgIpc) is 2.36. The van der Waals surface area contributed by atoms with E-state index in [9.17, 15) is 9.18 Å². The summed E-state index contributed by atoms with van der Waals surface area (Å²) in [5, 5.41) is 3.28. The van der Waals surface area contributed by atoms with Crippen molar-refractivity contribution in [2.75, 3.05) is 5.32 Å². The first kappa shape index (κ1) is 15.6. The standard InChI is InChI=1S/C13H6BrCl3FNO/c14-9-2-1-7(18)5-8(9)13(20)19-12-10(16)3-6(15)4-11(12)17/h1-5H,(H,19,20). The molecule has 2 aromatic rings. The van der Waals surface area contributed by atoms with Crippen molar-refractivity contribution in [3.63, 3.8) is 0 Å². The molecule has 0 fully saturated rings. The zero-order valence-corrected chi connectivity index (χ0v) is 13.5. The van der Waals surface area contributed by atoms with Crippen LogP contribution in [0.1, 0.15) is 10.4 Å². The van der Waals surface area contributed by atoms with Crippen LogP contribution in [0.2, 0.25) is 15.1 Å². The topological polar surface area (TPSA) is 29.1 Å². The molecule has 7 heteroatoms. The molecule has 0 saturated carbocycles. The number of anilines is 1. The third kappa shape index (κ3) is 3.44. The van der Waals surface area contributed by atoms with Crippen LogP contribution in [0.5, 0.6) is 0 Å². The zero-order valence-electron chi connectivity index (χ0n) is 9.68. The van der Waals surface area contributed by atoms with Gasteiger partial charge in [0, 0.05) is 9.50 Å². The normalized spacial score (nSPS) is 10.4. The molecule has 0 heterocycles. The molecule has 0 aliphatic rings. The third-order valence-electron chi connectivity index (χ3n) is 2.42. The highest BCUT2D eigenvalue weighted by molar-refractivity contribution is 9.10. The van der Waals surface area contributed by atoms with Gasteiger partial charge in [0.05, 0.1) is 21.3 Å². The van der Waals surface area contributed by atoms with Gasteiger partial charge in [-0.05, 0) is 46.3 Å². The summed E-state index contributed by atoms with van der Waals surface area (Å²) in [6, 6.07) is 6.69. The lowest BCUT2D eigenvalue weighted by Gasteiger charge is -2.11. The average molecular weight is 397 g/mol. The lowest BCUT2D eigenvalue weighted by Crippen LogP contribution is -2.13. The zero-order chi connectivity index (χ0) is 14.9. The summed E-state index contributed by atoms with van der Waals surface area (Å²) in [5.41, 5.74) is 0.353. The van der Waals surface area contributed by atoms with Gasteiger partial charge in [0.15, 0.2) is 0 Å². The first-order valence-electron chi connectivity index (χ1n) is 5.29. The summed E-state index contributed by atoms with van der Waals surface area (Å²) >= 11 is 20.9. The van der Waals surface area contributed by atoms with E-state index in [1.54, 1.807) is 0 Å². The number of nitrogens with one attached hydrogen (secondary N) is 1. The molecule has 1 amide bonds. The van der Waals surface area contributed by atoms with Crippen LogP contribution < -0.4 is 5.32 Å². The Morgan fingerprint density at radius 2 is 1.70 bits per heavy atom. The van der Waals surface area contributed by atoms with Crippen molar-refractivity contribution in [1.29, 1.82) is 0 Å². The number of amides is 1. The molecule has 2 rings (SSSR count). The Bertz CT molecular complexity index is 670. The molecule has 0 radical (unpaired) electrons.